The Labute approximate surface area is 140 Å². The van der Waals surface area contributed by atoms with Crippen molar-refractivity contribution >= 4 is 23.4 Å². The Bertz CT molecular complexity index is 597. The molecule has 1 heterocycles. The minimum Gasteiger partial charge on any atom is -0.369 e. The number of likely N-dealkylation sites (tertiary alicyclic amines) is 1. The highest BCUT2D eigenvalue weighted by molar-refractivity contribution is 6.30. The number of nitrogens with zero attached hydrogens (tertiary/aromatic N) is 1. The molecule has 0 aromatic heterocycles. The molecule has 5 nitrogen and oxygen atoms in total. The summed E-state index contributed by atoms with van der Waals surface area (Å²) in [4.78, 5) is 25.2. The average Bonchev–Trinajstić information content (AvgIpc) is 2.54. The van der Waals surface area contributed by atoms with Crippen molar-refractivity contribution < 1.29 is 14.0 Å². The number of nitrogens with one attached hydrogen (secondary N) is 1. The quantitative estimate of drug-likeness (QED) is 0.858. The van der Waals surface area contributed by atoms with E-state index in [0.29, 0.717) is 13.1 Å². The van der Waals surface area contributed by atoms with Crippen LogP contribution >= 0.6 is 11.6 Å². The number of carbonyl (C=O) groups is 2. The molecule has 1 aromatic carbocycles. The van der Waals surface area contributed by atoms with Crippen LogP contribution in [0, 0.1) is 11.7 Å². The molecule has 0 aliphatic carbocycles. The number of hydrogen-bond acceptors (Lipinski definition) is 3. The fourth-order valence-electron chi connectivity index (χ4n) is 2.69. The lowest BCUT2D eigenvalue weighted by Crippen LogP contribution is -2.47. The second-order valence-electron chi connectivity index (χ2n) is 5.86. The highest BCUT2D eigenvalue weighted by Crippen LogP contribution is 2.21. The van der Waals surface area contributed by atoms with Gasteiger partial charge in [0.1, 0.15) is 5.82 Å². The summed E-state index contributed by atoms with van der Waals surface area (Å²) in [6, 6.07) is 4.34. The van der Waals surface area contributed by atoms with Crippen molar-refractivity contribution in [1.82, 2.24) is 10.2 Å². The Hall–Kier alpha value is -1.66. The molecular formula is C16H21ClFN3O2. The first-order chi connectivity index (χ1) is 10.9. The molecule has 126 valence electrons. The van der Waals surface area contributed by atoms with Crippen LogP contribution in [-0.2, 0) is 9.59 Å². The predicted molar refractivity (Wildman–Crippen MR) is 86.3 cm³/mol. The van der Waals surface area contributed by atoms with Crippen LogP contribution in [0.2, 0.25) is 5.02 Å². The maximum atomic E-state index is 13.2. The summed E-state index contributed by atoms with van der Waals surface area (Å²) in [6.45, 7) is 3.04. The normalized spacial score (nSPS) is 19.4. The Morgan fingerprint density at radius 1 is 1.52 bits per heavy atom. The molecule has 2 amide bonds. The van der Waals surface area contributed by atoms with Crippen molar-refractivity contribution in [2.75, 3.05) is 19.6 Å². The van der Waals surface area contributed by atoms with Gasteiger partial charge in [0.05, 0.1) is 17.5 Å². The molecular weight excluding hydrogens is 321 g/mol. The van der Waals surface area contributed by atoms with E-state index in [2.05, 4.69) is 5.32 Å². The van der Waals surface area contributed by atoms with Gasteiger partial charge in [-0.05, 0) is 37.5 Å². The van der Waals surface area contributed by atoms with Crippen LogP contribution in [0.4, 0.5) is 4.39 Å². The molecule has 7 heteroatoms. The van der Waals surface area contributed by atoms with Gasteiger partial charge in [0, 0.05) is 19.1 Å². The monoisotopic (exact) mass is 341 g/mol. The third-order valence-electron chi connectivity index (χ3n) is 4.18. The van der Waals surface area contributed by atoms with Gasteiger partial charge in [0.25, 0.3) is 0 Å². The third-order valence-corrected chi connectivity index (χ3v) is 4.47. The molecule has 1 saturated heterocycles. The van der Waals surface area contributed by atoms with Crippen molar-refractivity contribution in [2.45, 2.75) is 25.8 Å². The predicted octanol–water partition coefficient (Wildman–Crippen LogP) is 1.85. The van der Waals surface area contributed by atoms with Crippen LogP contribution in [-0.4, -0.2) is 36.3 Å². The van der Waals surface area contributed by atoms with Gasteiger partial charge in [0.2, 0.25) is 11.8 Å². The van der Waals surface area contributed by atoms with Crippen LogP contribution in [0.5, 0.6) is 0 Å². The number of halogens is 2. The van der Waals surface area contributed by atoms with E-state index < -0.39 is 5.82 Å². The number of nitrogens with two attached hydrogens (primary N) is 1. The fraction of sp³-hybridized carbons (Fsp3) is 0.500. The van der Waals surface area contributed by atoms with Gasteiger partial charge < -0.3 is 16.0 Å². The van der Waals surface area contributed by atoms with Gasteiger partial charge in [0.15, 0.2) is 0 Å². The number of carbonyl (C=O) groups excluding carboxylic acids is 2. The molecule has 0 spiro atoms. The molecule has 1 aliphatic heterocycles. The van der Waals surface area contributed by atoms with Gasteiger partial charge in [-0.25, -0.2) is 4.39 Å². The molecule has 0 radical (unpaired) electrons. The molecule has 23 heavy (non-hydrogen) atoms. The van der Waals surface area contributed by atoms with E-state index in [1.54, 1.807) is 17.0 Å². The number of piperidine rings is 1. The highest BCUT2D eigenvalue weighted by atomic mass is 35.5. The standard InChI is InChI=1S/C16H21ClFN3O2/c1-10(11-4-5-14(18)13(17)7-11)20-8-15(22)21-6-2-3-12(9-21)16(19)23/h4-5,7,10,12,20H,2-3,6,8-9H2,1H3,(H2,19,23)/t10-,12-/m1/s1. The van der Waals surface area contributed by atoms with Crippen LogP contribution in [0.3, 0.4) is 0 Å². The first kappa shape index (κ1) is 17.7. The minimum absolute atomic E-state index is 0.0582. The van der Waals surface area contributed by atoms with Gasteiger partial charge >= 0.3 is 0 Å². The summed E-state index contributed by atoms with van der Waals surface area (Å²) in [5.41, 5.74) is 6.12. The molecule has 0 unspecified atom stereocenters. The third kappa shape index (κ3) is 4.65. The topological polar surface area (TPSA) is 75.4 Å². The van der Waals surface area contributed by atoms with Gasteiger partial charge in [-0.15, -0.1) is 0 Å². The van der Waals surface area contributed by atoms with Crippen molar-refractivity contribution in [3.05, 3.63) is 34.6 Å². The Balaban J connectivity index is 1.88. The lowest BCUT2D eigenvalue weighted by atomic mass is 9.97. The van der Waals surface area contributed by atoms with E-state index in [4.69, 9.17) is 17.3 Å². The zero-order valence-corrected chi connectivity index (χ0v) is 13.8. The number of benzene rings is 1. The zero-order chi connectivity index (χ0) is 17.0. The summed E-state index contributed by atoms with van der Waals surface area (Å²) in [7, 11) is 0. The summed E-state index contributed by atoms with van der Waals surface area (Å²) in [5.74, 6) is -1.16. The molecule has 0 bridgehead atoms. The van der Waals surface area contributed by atoms with Crippen LogP contribution < -0.4 is 11.1 Å². The molecule has 3 N–H and O–H groups in total. The maximum absolute atomic E-state index is 13.2. The lowest BCUT2D eigenvalue weighted by molar-refractivity contribution is -0.134. The van der Waals surface area contributed by atoms with Gasteiger partial charge in [-0.1, -0.05) is 17.7 Å². The summed E-state index contributed by atoms with van der Waals surface area (Å²) < 4.78 is 13.2. The van der Waals surface area contributed by atoms with Gasteiger partial charge in [-0.3, -0.25) is 9.59 Å². The lowest BCUT2D eigenvalue weighted by Gasteiger charge is -2.31. The molecule has 1 aliphatic rings. The van der Waals surface area contributed by atoms with E-state index in [-0.39, 0.29) is 35.3 Å². The first-order valence-corrected chi connectivity index (χ1v) is 8.01. The second-order valence-corrected chi connectivity index (χ2v) is 6.26. The Morgan fingerprint density at radius 3 is 2.91 bits per heavy atom. The SMILES string of the molecule is C[C@@H](NCC(=O)N1CCC[C@@H](C(N)=O)C1)c1ccc(F)c(Cl)c1. The number of primary amides is 1. The molecule has 1 aromatic rings. The van der Waals surface area contributed by atoms with Crippen LogP contribution in [0.25, 0.3) is 0 Å². The first-order valence-electron chi connectivity index (χ1n) is 7.64. The number of amides is 2. The van der Waals surface area contributed by atoms with Crippen LogP contribution in [0.1, 0.15) is 31.4 Å². The van der Waals surface area contributed by atoms with Gasteiger partial charge in [-0.2, -0.15) is 0 Å². The van der Waals surface area contributed by atoms with E-state index in [0.717, 1.165) is 18.4 Å². The fourth-order valence-corrected chi connectivity index (χ4v) is 2.88. The zero-order valence-electron chi connectivity index (χ0n) is 13.0. The van der Waals surface area contributed by atoms with E-state index >= 15 is 0 Å². The largest absolute Gasteiger partial charge is 0.369 e. The average molecular weight is 342 g/mol. The van der Waals surface area contributed by atoms with Crippen molar-refractivity contribution in [2.24, 2.45) is 11.7 Å². The maximum Gasteiger partial charge on any atom is 0.236 e. The van der Waals surface area contributed by atoms with E-state index in [1.807, 2.05) is 6.92 Å². The summed E-state index contributed by atoms with van der Waals surface area (Å²) in [6.07, 6.45) is 1.51. The number of rotatable bonds is 5. The highest BCUT2D eigenvalue weighted by Gasteiger charge is 2.26. The van der Waals surface area contributed by atoms with Crippen LogP contribution in [0.15, 0.2) is 18.2 Å². The molecule has 0 saturated carbocycles. The number of hydrogen-bond donors (Lipinski definition) is 2. The molecule has 2 atom stereocenters. The van der Waals surface area contributed by atoms with E-state index in [9.17, 15) is 14.0 Å². The summed E-state index contributed by atoms with van der Waals surface area (Å²) in [5, 5.41) is 3.16. The minimum atomic E-state index is -0.468. The van der Waals surface area contributed by atoms with Crippen molar-refractivity contribution in [3.8, 4) is 0 Å². The summed E-state index contributed by atoms with van der Waals surface area (Å²) >= 11 is 5.77. The second kappa shape index (κ2) is 7.75. The molecule has 2 rings (SSSR count). The molecule has 1 fully saturated rings. The van der Waals surface area contributed by atoms with Crippen molar-refractivity contribution in [3.63, 3.8) is 0 Å². The van der Waals surface area contributed by atoms with E-state index in [1.165, 1.54) is 6.07 Å². The smallest absolute Gasteiger partial charge is 0.236 e. The Kier molecular flexibility index (Phi) is 5.96. The van der Waals surface area contributed by atoms with Crippen molar-refractivity contribution in [1.29, 1.82) is 0 Å². The Morgan fingerprint density at radius 2 is 2.26 bits per heavy atom.